The van der Waals surface area contributed by atoms with Gasteiger partial charge in [-0.05, 0) is 6.42 Å². The lowest BCUT2D eigenvalue weighted by atomic mass is 10.3. The number of ether oxygens (including phenoxy) is 2. The fraction of sp³-hybridized carbons (Fsp3) is 0.455. The first kappa shape index (κ1) is 14.7. The van der Waals surface area contributed by atoms with E-state index in [-0.39, 0.29) is 0 Å². The standard InChI is InChI=1S/C11H15NO7/c1-3-4-10(17-7(2)13)18-11(16)19-12-8(14)5-6-9(12)15/h5-6,10,14-15H,3-4H2,1-2H3. The number of rotatable bonds is 5. The summed E-state index contributed by atoms with van der Waals surface area (Å²) in [4.78, 5) is 26.7. The van der Waals surface area contributed by atoms with E-state index in [1.54, 1.807) is 0 Å². The van der Waals surface area contributed by atoms with E-state index in [9.17, 15) is 19.8 Å². The zero-order valence-corrected chi connectivity index (χ0v) is 10.5. The predicted molar refractivity (Wildman–Crippen MR) is 61.3 cm³/mol. The zero-order chi connectivity index (χ0) is 14.4. The van der Waals surface area contributed by atoms with Gasteiger partial charge >= 0.3 is 12.1 Å². The summed E-state index contributed by atoms with van der Waals surface area (Å²) in [6.45, 7) is 3.00. The Morgan fingerprint density at radius 3 is 2.32 bits per heavy atom. The molecule has 106 valence electrons. The molecule has 8 nitrogen and oxygen atoms in total. The summed E-state index contributed by atoms with van der Waals surface area (Å²) in [6, 6.07) is 2.25. The van der Waals surface area contributed by atoms with Gasteiger partial charge in [0.05, 0.1) is 0 Å². The maximum atomic E-state index is 11.4. The Morgan fingerprint density at radius 2 is 1.84 bits per heavy atom. The second-order valence-corrected chi connectivity index (χ2v) is 3.63. The second kappa shape index (κ2) is 6.53. The second-order valence-electron chi connectivity index (χ2n) is 3.63. The highest BCUT2D eigenvalue weighted by Crippen LogP contribution is 2.19. The van der Waals surface area contributed by atoms with Crippen LogP contribution < -0.4 is 4.84 Å². The van der Waals surface area contributed by atoms with Crippen molar-refractivity contribution in [2.24, 2.45) is 0 Å². The number of aromatic hydroxyl groups is 2. The molecule has 0 saturated heterocycles. The van der Waals surface area contributed by atoms with Crippen LogP contribution in [0.25, 0.3) is 0 Å². The van der Waals surface area contributed by atoms with Crippen LogP contribution in [-0.2, 0) is 14.3 Å². The predicted octanol–water partition coefficient (Wildman–Crippen LogP) is 1.15. The summed E-state index contributed by atoms with van der Waals surface area (Å²) in [5.74, 6) is -1.55. The van der Waals surface area contributed by atoms with Crippen LogP contribution in [0.1, 0.15) is 26.7 Å². The molecular formula is C11H15NO7. The highest BCUT2D eigenvalue weighted by atomic mass is 16.9. The van der Waals surface area contributed by atoms with Gasteiger partial charge in [-0.3, -0.25) is 9.63 Å². The van der Waals surface area contributed by atoms with Crippen molar-refractivity contribution in [2.45, 2.75) is 33.0 Å². The summed E-state index contributed by atoms with van der Waals surface area (Å²) in [6.07, 6.45) is -1.37. The van der Waals surface area contributed by atoms with E-state index >= 15 is 0 Å². The van der Waals surface area contributed by atoms with E-state index in [0.717, 1.165) is 12.1 Å². The average molecular weight is 273 g/mol. The van der Waals surface area contributed by atoms with Crippen LogP contribution in [0.2, 0.25) is 0 Å². The van der Waals surface area contributed by atoms with Gasteiger partial charge in [-0.15, -0.1) is 4.73 Å². The van der Waals surface area contributed by atoms with Gasteiger partial charge in [0.25, 0.3) is 6.29 Å². The molecule has 1 unspecified atom stereocenters. The Hall–Kier alpha value is -2.38. The van der Waals surface area contributed by atoms with E-state index in [2.05, 4.69) is 4.84 Å². The van der Waals surface area contributed by atoms with Crippen molar-refractivity contribution in [3.8, 4) is 11.8 Å². The smallest absolute Gasteiger partial charge is 0.492 e. The Morgan fingerprint density at radius 1 is 1.26 bits per heavy atom. The Bertz CT molecular complexity index is 434. The molecule has 0 spiro atoms. The summed E-state index contributed by atoms with van der Waals surface area (Å²) >= 11 is 0. The van der Waals surface area contributed by atoms with Gasteiger partial charge in [0.1, 0.15) is 0 Å². The molecule has 0 bridgehead atoms. The van der Waals surface area contributed by atoms with Gasteiger partial charge in [-0.1, -0.05) is 6.92 Å². The number of esters is 1. The van der Waals surface area contributed by atoms with E-state index < -0.39 is 30.2 Å². The van der Waals surface area contributed by atoms with Crippen molar-refractivity contribution in [3.63, 3.8) is 0 Å². The quantitative estimate of drug-likeness (QED) is 0.612. The van der Waals surface area contributed by atoms with Crippen molar-refractivity contribution in [3.05, 3.63) is 12.1 Å². The molecule has 0 aliphatic rings. The molecule has 0 aliphatic carbocycles. The zero-order valence-electron chi connectivity index (χ0n) is 10.5. The molecule has 0 aliphatic heterocycles. The minimum absolute atomic E-state index is 0.304. The fourth-order valence-corrected chi connectivity index (χ4v) is 1.26. The van der Waals surface area contributed by atoms with E-state index in [4.69, 9.17) is 9.47 Å². The molecule has 1 aromatic rings. The van der Waals surface area contributed by atoms with Crippen molar-refractivity contribution < 1.29 is 34.1 Å². The topological polar surface area (TPSA) is 107 Å². The van der Waals surface area contributed by atoms with E-state index in [1.165, 1.54) is 6.92 Å². The molecule has 1 rings (SSSR count). The first-order chi connectivity index (χ1) is 8.93. The van der Waals surface area contributed by atoms with Gasteiger partial charge in [-0.2, -0.15) is 0 Å². The number of carbonyl (C=O) groups is 2. The minimum atomic E-state index is -1.22. The van der Waals surface area contributed by atoms with E-state index in [0.29, 0.717) is 17.6 Å². The molecule has 1 atom stereocenters. The van der Waals surface area contributed by atoms with Crippen LogP contribution in [0.5, 0.6) is 11.8 Å². The van der Waals surface area contributed by atoms with Gasteiger partial charge in [0, 0.05) is 25.5 Å². The Balaban J connectivity index is 2.60. The molecule has 0 radical (unpaired) electrons. The van der Waals surface area contributed by atoms with Gasteiger partial charge in [0.15, 0.2) is 0 Å². The van der Waals surface area contributed by atoms with Crippen molar-refractivity contribution >= 4 is 12.1 Å². The molecule has 0 fully saturated rings. The maximum absolute atomic E-state index is 11.4. The molecule has 19 heavy (non-hydrogen) atoms. The average Bonchev–Trinajstić information content (AvgIpc) is 2.60. The highest BCUT2D eigenvalue weighted by Gasteiger charge is 2.20. The van der Waals surface area contributed by atoms with Crippen LogP contribution >= 0.6 is 0 Å². The largest absolute Gasteiger partial charge is 0.537 e. The molecular weight excluding hydrogens is 258 g/mol. The van der Waals surface area contributed by atoms with Crippen molar-refractivity contribution in [1.29, 1.82) is 0 Å². The fourth-order valence-electron chi connectivity index (χ4n) is 1.26. The molecule has 0 saturated carbocycles. The molecule has 8 heteroatoms. The summed E-state index contributed by atoms with van der Waals surface area (Å²) in [7, 11) is 0. The first-order valence-electron chi connectivity index (χ1n) is 5.60. The summed E-state index contributed by atoms with van der Waals surface area (Å²) in [5.41, 5.74) is 0. The van der Waals surface area contributed by atoms with Gasteiger partial charge < -0.3 is 19.7 Å². The maximum Gasteiger partial charge on any atom is 0.537 e. The molecule has 1 aromatic heterocycles. The number of nitrogens with zero attached hydrogens (tertiary/aromatic N) is 1. The first-order valence-corrected chi connectivity index (χ1v) is 5.60. The third-order valence-corrected chi connectivity index (χ3v) is 2.01. The van der Waals surface area contributed by atoms with Gasteiger partial charge in [0.2, 0.25) is 11.8 Å². The highest BCUT2D eigenvalue weighted by molar-refractivity contribution is 5.66. The molecule has 0 amide bonds. The van der Waals surface area contributed by atoms with Crippen molar-refractivity contribution in [1.82, 2.24) is 4.73 Å². The lowest BCUT2D eigenvalue weighted by molar-refractivity contribution is -0.170. The molecule has 2 N–H and O–H groups in total. The Labute approximate surface area is 109 Å². The third-order valence-electron chi connectivity index (χ3n) is 2.01. The lowest BCUT2D eigenvalue weighted by Crippen LogP contribution is -2.28. The molecule has 1 heterocycles. The normalized spacial score (nSPS) is 11.7. The molecule has 0 aromatic carbocycles. The monoisotopic (exact) mass is 273 g/mol. The minimum Gasteiger partial charge on any atom is -0.492 e. The third kappa shape index (κ3) is 4.41. The number of hydrogen-bond donors (Lipinski definition) is 2. The van der Waals surface area contributed by atoms with Crippen LogP contribution in [0, 0.1) is 0 Å². The van der Waals surface area contributed by atoms with Crippen molar-refractivity contribution in [2.75, 3.05) is 0 Å². The van der Waals surface area contributed by atoms with Crippen LogP contribution in [0.15, 0.2) is 12.1 Å². The van der Waals surface area contributed by atoms with E-state index in [1.807, 2.05) is 6.92 Å². The SMILES string of the molecule is CCCC(OC(C)=O)OC(=O)On1c(O)ccc1O. The summed E-state index contributed by atoms with van der Waals surface area (Å²) in [5, 5.41) is 18.5. The van der Waals surface area contributed by atoms with Gasteiger partial charge in [-0.25, -0.2) is 4.79 Å². The van der Waals surface area contributed by atoms with Crippen LogP contribution in [-0.4, -0.2) is 33.4 Å². The number of aromatic nitrogens is 1. The Kier molecular flexibility index (Phi) is 5.04. The number of hydrogen-bond acceptors (Lipinski definition) is 7. The van der Waals surface area contributed by atoms with Crippen LogP contribution in [0.4, 0.5) is 4.79 Å². The summed E-state index contributed by atoms with van der Waals surface area (Å²) < 4.78 is 9.95. The lowest BCUT2D eigenvalue weighted by Gasteiger charge is -2.16. The van der Waals surface area contributed by atoms with Crippen LogP contribution in [0.3, 0.4) is 0 Å². The number of carbonyl (C=O) groups excluding carboxylic acids is 2.